The number of nitrogens with zero attached hydrogens (tertiary/aromatic N) is 4. The zero-order valence-electron chi connectivity index (χ0n) is 20.7. The second-order valence-corrected chi connectivity index (χ2v) is 10.6. The molecule has 0 unspecified atom stereocenters. The number of sulfonamides is 1. The minimum Gasteiger partial charge on any atom is -0.487 e. The van der Waals surface area contributed by atoms with Crippen LogP contribution >= 0.6 is 0 Å². The molecule has 0 spiro atoms. The second kappa shape index (κ2) is 10.1. The Morgan fingerprint density at radius 2 is 1.79 bits per heavy atom. The SMILES string of the molecule is CCS(=O)(=O)Nc1ccc(-c2nn(C)c3c(-c4ccncc4)cnc(N)c23)cc1OCc1ccc(F)cc1. The van der Waals surface area contributed by atoms with Gasteiger partial charge in [-0.2, -0.15) is 5.10 Å². The first kappa shape index (κ1) is 25.2. The van der Waals surface area contributed by atoms with E-state index < -0.39 is 10.0 Å². The number of halogens is 1. The van der Waals surface area contributed by atoms with Crippen molar-refractivity contribution in [1.82, 2.24) is 19.7 Å². The molecule has 5 rings (SSSR count). The minimum atomic E-state index is -3.57. The predicted octanol–water partition coefficient (Wildman–Crippen LogP) is 4.76. The lowest BCUT2D eigenvalue weighted by Crippen LogP contribution is -2.15. The van der Waals surface area contributed by atoms with Crippen LogP contribution in [0.3, 0.4) is 0 Å². The summed E-state index contributed by atoms with van der Waals surface area (Å²) in [5.74, 6) is 0.147. The quantitative estimate of drug-likeness (QED) is 0.295. The van der Waals surface area contributed by atoms with Gasteiger partial charge in [0, 0.05) is 36.8 Å². The van der Waals surface area contributed by atoms with Gasteiger partial charge in [0.25, 0.3) is 0 Å². The fourth-order valence-corrected chi connectivity index (χ4v) is 4.78. The molecule has 0 fully saturated rings. The summed E-state index contributed by atoms with van der Waals surface area (Å²) in [6, 6.07) is 14.7. The van der Waals surface area contributed by atoms with E-state index in [-0.39, 0.29) is 23.9 Å². The smallest absolute Gasteiger partial charge is 0.232 e. The molecule has 194 valence electrons. The van der Waals surface area contributed by atoms with Gasteiger partial charge < -0.3 is 10.5 Å². The van der Waals surface area contributed by atoms with Gasteiger partial charge in [0.05, 0.1) is 22.3 Å². The highest BCUT2D eigenvalue weighted by Crippen LogP contribution is 2.39. The van der Waals surface area contributed by atoms with E-state index >= 15 is 0 Å². The largest absolute Gasteiger partial charge is 0.487 e. The highest BCUT2D eigenvalue weighted by Gasteiger charge is 2.21. The van der Waals surface area contributed by atoms with E-state index in [1.54, 1.807) is 60.5 Å². The van der Waals surface area contributed by atoms with Crippen molar-refractivity contribution in [1.29, 1.82) is 0 Å². The number of pyridine rings is 2. The minimum absolute atomic E-state index is 0.100. The van der Waals surface area contributed by atoms with E-state index in [0.717, 1.165) is 22.2 Å². The lowest BCUT2D eigenvalue weighted by molar-refractivity contribution is 0.308. The van der Waals surface area contributed by atoms with Crippen LogP contribution in [0.2, 0.25) is 0 Å². The summed E-state index contributed by atoms with van der Waals surface area (Å²) in [5, 5.41) is 5.40. The van der Waals surface area contributed by atoms with Crippen LogP contribution in [0, 0.1) is 5.82 Å². The first-order chi connectivity index (χ1) is 18.3. The number of nitrogens with one attached hydrogen (secondary N) is 1. The third-order valence-electron chi connectivity index (χ3n) is 6.09. The van der Waals surface area contributed by atoms with Crippen molar-refractivity contribution in [3.63, 3.8) is 0 Å². The summed E-state index contributed by atoms with van der Waals surface area (Å²) in [4.78, 5) is 8.50. The first-order valence-corrected chi connectivity index (χ1v) is 13.4. The maximum Gasteiger partial charge on any atom is 0.232 e. The molecule has 0 aliphatic rings. The lowest BCUT2D eigenvalue weighted by Gasteiger charge is -2.15. The van der Waals surface area contributed by atoms with Crippen LogP contribution < -0.4 is 15.2 Å². The number of ether oxygens (including phenoxy) is 1. The molecular weight excluding hydrogens is 507 g/mol. The zero-order valence-corrected chi connectivity index (χ0v) is 21.5. The summed E-state index contributed by atoms with van der Waals surface area (Å²) in [7, 11) is -1.74. The maximum absolute atomic E-state index is 13.3. The van der Waals surface area contributed by atoms with Gasteiger partial charge in [-0.25, -0.2) is 17.8 Å². The second-order valence-electron chi connectivity index (χ2n) is 8.62. The highest BCUT2D eigenvalue weighted by atomic mass is 32.2. The van der Waals surface area contributed by atoms with Gasteiger partial charge >= 0.3 is 0 Å². The van der Waals surface area contributed by atoms with Gasteiger partial charge in [-0.05, 0) is 54.4 Å². The molecular formula is C27H25FN6O3S. The molecule has 9 nitrogen and oxygen atoms in total. The van der Waals surface area contributed by atoms with Crippen molar-refractivity contribution in [3.8, 4) is 28.1 Å². The van der Waals surface area contributed by atoms with E-state index in [1.165, 1.54) is 12.1 Å². The standard InChI is InChI=1S/C27H25FN6O3S/c1-3-38(35,36)33-22-9-6-19(14-23(22)37-16-17-4-7-20(28)8-5-17)25-24-26(34(2)32-25)21(15-31-27(24)29)18-10-12-30-13-11-18/h4-15,33H,3,16H2,1-2H3,(H2,29,31). The third kappa shape index (κ3) is 5.00. The predicted molar refractivity (Wildman–Crippen MR) is 145 cm³/mol. The van der Waals surface area contributed by atoms with Gasteiger partial charge in [-0.15, -0.1) is 0 Å². The summed E-state index contributed by atoms with van der Waals surface area (Å²) in [6.07, 6.45) is 5.11. The topological polar surface area (TPSA) is 125 Å². The molecule has 0 radical (unpaired) electrons. The zero-order chi connectivity index (χ0) is 26.9. The number of aromatic nitrogens is 4. The van der Waals surface area contributed by atoms with E-state index in [4.69, 9.17) is 15.6 Å². The van der Waals surface area contributed by atoms with Crippen molar-refractivity contribution < 1.29 is 17.5 Å². The van der Waals surface area contributed by atoms with Crippen molar-refractivity contribution in [2.45, 2.75) is 13.5 Å². The number of aryl methyl sites for hydroxylation is 1. The Hall–Kier alpha value is -4.51. The molecule has 0 aliphatic carbocycles. The number of benzene rings is 2. The average molecular weight is 533 g/mol. The van der Waals surface area contributed by atoms with Gasteiger partial charge in [0.1, 0.15) is 29.7 Å². The Balaban J connectivity index is 1.61. The first-order valence-electron chi connectivity index (χ1n) is 11.8. The number of nitrogens with two attached hydrogens (primary N) is 1. The van der Waals surface area contributed by atoms with Crippen LogP contribution in [-0.4, -0.2) is 33.9 Å². The monoisotopic (exact) mass is 532 g/mol. The summed E-state index contributed by atoms with van der Waals surface area (Å²) >= 11 is 0. The third-order valence-corrected chi connectivity index (χ3v) is 7.38. The Labute approximate surface area is 219 Å². The van der Waals surface area contributed by atoms with Gasteiger partial charge in [-0.3, -0.25) is 14.4 Å². The van der Waals surface area contributed by atoms with Crippen LogP contribution in [0.4, 0.5) is 15.9 Å². The molecule has 38 heavy (non-hydrogen) atoms. The van der Waals surface area contributed by atoms with Crippen molar-refractivity contribution in [2.75, 3.05) is 16.2 Å². The normalized spacial score (nSPS) is 11.6. The molecule has 0 aliphatic heterocycles. The van der Waals surface area contributed by atoms with Crippen molar-refractivity contribution >= 4 is 32.4 Å². The molecule has 11 heteroatoms. The summed E-state index contributed by atoms with van der Waals surface area (Å²) < 4.78 is 48.3. The average Bonchev–Trinajstić information content (AvgIpc) is 3.27. The fraction of sp³-hybridized carbons (Fsp3) is 0.148. The van der Waals surface area contributed by atoms with Crippen molar-refractivity contribution in [3.05, 3.63) is 84.6 Å². The molecule has 3 aromatic heterocycles. The number of fused-ring (bicyclic) bond motifs is 1. The maximum atomic E-state index is 13.3. The van der Waals surface area contributed by atoms with E-state index in [9.17, 15) is 12.8 Å². The molecule has 0 atom stereocenters. The van der Waals surface area contributed by atoms with Crippen LogP contribution in [0.15, 0.2) is 73.2 Å². The van der Waals surface area contributed by atoms with E-state index in [2.05, 4.69) is 14.7 Å². The highest BCUT2D eigenvalue weighted by molar-refractivity contribution is 7.92. The Morgan fingerprint density at radius 3 is 2.50 bits per heavy atom. The van der Waals surface area contributed by atoms with E-state index in [0.29, 0.717) is 28.2 Å². The Kier molecular flexibility index (Phi) is 6.68. The van der Waals surface area contributed by atoms with Gasteiger partial charge in [0.2, 0.25) is 10.0 Å². The molecule has 3 N–H and O–H groups in total. The molecule has 0 saturated carbocycles. The van der Waals surface area contributed by atoms with Crippen LogP contribution in [0.5, 0.6) is 5.75 Å². The lowest BCUT2D eigenvalue weighted by atomic mass is 10.0. The van der Waals surface area contributed by atoms with Gasteiger partial charge in [-0.1, -0.05) is 18.2 Å². The van der Waals surface area contributed by atoms with Gasteiger partial charge in [0.15, 0.2) is 0 Å². The number of anilines is 2. The molecule has 3 heterocycles. The summed E-state index contributed by atoms with van der Waals surface area (Å²) in [5.41, 5.74) is 11.1. The number of hydrogen-bond acceptors (Lipinski definition) is 7. The molecule has 2 aromatic carbocycles. The summed E-state index contributed by atoms with van der Waals surface area (Å²) in [6.45, 7) is 1.65. The molecule has 0 bridgehead atoms. The van der Waals surface area contributed by atoms with Crippen LogP contribution in [0.1, 0.15) is 12.5 Å². The number of nitrogen functional groups attached to an aromatic ring is 1. The number of hydrogen-bond donors (Lipinski definition) is 2. The number of rotatable bonds is 8. The molecule has 0 amide bonds. The molecule has 5 aromatic rings. The van der Waals surface area contributed by atoms with Crippen molar-refractivity contribution in [2.24, 2.45) is 7.05 Å². The van der Waals surface area contributed by atoms with Crippen LogP contribution in [-0.2, 0) is 23.7 Å². The Bertz CT molecular complexity index is 1720. The molecule has 0 saturated heterocycles. The fourth-order valence-electron chi connectivity index (χ4n) is 4.13. The van der Waals surface area contributed by atoms with E-state index in [1.807, 2.05) is 19.2 Å². The van der Waals surface area contributed by atoms with Crippen LogP contribution in [0.25, 0.3) is 33.3 Å². The Morgan fingerprint density at radius 1 is 1.05 bits per heavy atom.